The maximum absolute atomic E-state index is 12.9. The Morgan fingerprint density at radius 1 is 1.48 bits per heavy atom. The van der Waals surface area contributed by atoms with Crippen molar-refractivity contribution in [1.29, 1.82) is 0 Å². The van der Waals surface area contributed by atoms with E-state index in [2.05, 4.69) is 5.32 Å². The molecule has 1 amide bonds. The third kappa shape index (κ3) is 5.53. The molecule has 0 spiro atoms. The number of benzene rings is 1. The van der Waals surface area contributed by atoms with Crippen molar-refractivity contribution >= 4 is 23.2 Å². The number of nitrogens with two attached hydrogens (primary N) is 1. The van der Waals surface area contributed by atoms with E-state index in [1.807, 2.05) is 0 Å². The number of carbonyl (C=O) groups is 1. The molecule has 1 rings (SSSR count). The summed E-state index contributed by atoms with van der Waals surface area (Å²) in [4.78, 5) is 11.8. The number of amides is 1. The predicted molar refractivity (Wildman–Crippen MR) is 74.2 cm³/mol. The number of rotatable bonds is 6. The zero-order valence-electron chi connectivity index (χ0n) is 11.3. The lowest BCUT2D eigenvalue weighted by Crippen LogP contribution is -2.36. The van der Waals surface area contributed by atoms with Crippen LogP contribution in [0.25, 0.3) is 0 Å². The molecule has 21 heavy (non-hydrogen) atoms. The first-order chi connectivity index (χ1) is 9.75. The molecule has 4 nitrogen and oxygen atoms in total. The Kier molecular flexibility index (Phi) is 6.44. The van der Waals surface area contributed by atoms with Crippen LogP contribution in [0, 0.1) is 0 Å². The van der Waals surface area contributed by atoms with Gasteiger partial charge in [0, 0.05) is 18.7 Å². The Hall–Kier alpha value is -1.31. The van der Waals surface area contributed by atoms with Crippen molar-refractivity contribution in [3.8, 4) is 0 Å². The highest BCUT2D eigenvalue weighted by atomic mass is 35.5. The summed E-state index contributed by atoms with van der Waals surface area (Å²) in [5.41, 5.74) is 4.25. The number of methoxy groups -OCH3 is 1. The zero-order valence-corrected chi connectivity index (χ0v) is 12.1. The maximum atomic E-state index is 12.9. The SMILES string of the molecule is COCCCC(N)C(=O)Nc1ccc(Cl)cc1C(F)(F)F. The van der Waals surface area contributed by atoms with E-state index in [0.717, 1.165) is 12.1 Å². The molecule has 8 heteroatoms. The zero-order chi connectivity index (χ0) is 16.0. The second-order valence-electron chi connectivity index (χ2n) is 4.42. The van der Waals surface area contributed by atoms with E-state index in [0.29, 0.717) is 19.4 Å². The van der Waals surface area contributed by atoms with E-state index in [4.69, 9.17) is 22.1 Å². The smallest absolute Gasteiger partial charge is 0.385 e. The highest BCUT2D eigenvalue weighted by Crippen LogP contribution is 2.36. The van der Waals surface area contributed by atoms with Gasteiger partial charge in [0.1, 0.15) is 0 Å². The molecule has 1 aromatic rings. The Balaban J connectivity index is 2.80. The van der Waals surface area contributed by atoms with E-state index in [1.165, 1.54) is 13.2 Å². The Bertz CT molecular complexity index is 495. The lowest BCUT2D eigenvalue weighted by atomic mass is 10.1. The van der Waals surface area contributed by atoms with Crippen LogP contribution in [0.15, 0.2) is 18.2 Å². The summed E-state index contributed by atoms with van der Waals surface area (Å²) < 4.78 is 43.4. The fraction of sp³-hybridized carbons (Fsp3) is 0.462. The molecule has 0 aromatic heterocycles. The first kappa shape index (κ1) is 17.7. The van der Waals surface area contributed by atoms with Crippen LogP contribution in [0.5, 0.6) is 0 Å². The molecule has 0 bridgehead atoms. The molecule has 1 aromatic carbocycles. The van der Waals surface area contributed by atoms with Crippen LogP contribution < -0.4 is 11.1 Å². The topological polar surface area (TPSA) is 64.3 Å². The van der Waals surface area contributed by atoms with E-state index < -0.39 is 23.7 Å². The summed E-state index contributed by atoms with van der Waals surface area (Å²) in [6, 6.07) is 2.22. The lowest BCUT2D eigenvalue weighted by Gasteiger charge is -2.16. The molecule has 0 fully saturated rings. The minimum atomic E-state index is -4.62. The van der Waals surface area contributed by atoms with Crippen molar-refractivity contribution in [2.45, 2.75) is 25.1 Å². The van der Waals surface area contributed by atoms with Gasteiger partial charge >= 0.3 is 6.18 Å². The van der Waals surface area contributed by atoms with Gasteiger partial charge in [-0.05, 0) is 31.0 Å². The summed E-state index contributed by atoms with van der Waals surface area (Å²) in [6.45, 7) is 0.426. The van der Waals surface area contributed by atoms with Crippen LogP contribution in [-0.2, 0) is 15.7 Å². The van der Waals surface area contributed by atoms with Crippen molar-refractivity contribution in [2.75, 3.05) is 19.0 Å². The first-order valence-electron chi connectivity index (χ1n) is 6.18. The molecule has 0 saturated heterocycles. The number of hydrogen-bond donors (Lipinski definition) is 2. The second kappa shape index (κ2) is 7.63. The molecule has 0 aliphatic carbocycles. The Morgan fingerprint density at radius 2 is 2.14 bits per heavy atom. The van der Waals surface area contributed by atoms with Gasteiger partial charge in [0.2, 0.25) is 5.91 Å². The molecule has 3 N–H and O–H groups in total. The average Bonchev–Trinajstić information content (AvgIpc) is 2.39. The lowest BCUT2D eigenvalue weighted by molar-refractivity contribution is -0.137. The van der Waals surface area contributed by atoms with Crippen LogP contribution in [0.1, 0.15) is 18.4 Å². The quantitative estimate of drug-likeness (QED) is 0.790. The normalized spacial score (nSPS) is 13.0. The molecular weight excluding hydrogens is 309 g/mol. The van der Waals surface area contributed by atoms with Gasteiger partial charge in [-0.1, -0.05) is 11.6 Å². The third-order valence-electron chi connectivity index (χ3n) is 2.75. The predicted octanol–water partition coefficient (Wildman–Crippen LogP) is 3.05. The van der Waals surface area contributed by atoms with Crippen LogP contribution in [-0.4, -0.2) is 25.7 Å². The summed E-state index contributed by atoms with van der Waals surface area (Å²) in [5, 5.41) is 2.12. The van der Waals surface area contributed by atoms with Gasteiger partial charge in [0.25, 0.3) is 0 Å². The van der Waals surface area contributed by atoms with Crippen molar-refractivity contribution in [2.24, 2.45) is 5.73 Å². The fourth-order valence-electron chi connectivity index (χ4n) is 1.66. The summed E-state index contributed by atoms with van der Waals surface area (Å²) in [6.07, 6.45) is -3.76. The summed E-state index contributed by atoms with van der Waals surface area (Å²) >= 11 is 5.56. The standard InChI is InChI=1S/C13H16ClF3N2O2/c1-21-6-2-3-10(18)12(20)19-11-5-4-8(14)7-9(11)13(15,16)17/h4-5,7,10H,2-3,6,18H2,1H3,(H,19,20). The number of anilines is 1. The van der Waals surface area contributed by atoms with Gasteiger partial charge in [0.15, 0.2) is 0 Å². The van der Waals surface area contributed by atoms with Gasteiger partial charge in [-0.2, -0.15) is 13.2 Å². The first-order valence-corrected chi connectivity index (χ1v) is 6.55. The summed E-state index contributed by atoms with van der Waals surface area (Å²) in [7, 11) is 1.51. The van der Waals surface area contributed by atoms with Crippen molar-refractivity contribution in [3.63, 3.8) is 0 Å². The van der Waals surface area contributed by atoms with E-state index in [-0.39, 0.29) is 10.7 Å². The number of nitrogens with one attached hydrogen (secondary N) is 1. The number of halogens is 4. The third-order valence-corrected chi connectivity index (χ3v) is 2.98. The molecule has 0 radical (unpaired) electrons. The fourth-order valence-corrected chi connectivity index (χ4v) is 1.84. The maximum Gasteiger partial charge on any atom is 0.418 e. The number of hydrogen-bond acceptors (Lipinski definition) is 3. The molecule has 0 aliphatic heterocycles. The molecule has 0 saturated carbocycles. The number of carbonyl (C=O) groups excluding carboxylic acids is 1. The van der Waals surface area contributed by atoms with Crippen LogP contribution in [0.2, 0.25) is 5.02 Å². The van der Waals surface area contributed by atoms with E-state index in [1.54, 1.807) is 0 Å². The van der Waals surface area contributed by atoms with Gasteiger partial charge in [-0.25, -0.2) is 0 Å². The molecule has 1 atom stereocenters. The molecule has 0 aliphatic rings. The largest absolute Gasteiger partial charge is 0.418 e. The second-order valence-corrected chi connectivity index (χ2v) is 4.85. The van der Waals surface area contributed by atoms with Gasteiger partial charge < -0.3 is 15.8 Å². The molecule has 0 heterocycles. The number of alkyl halides is 3. The summed E-state index contributed by atoms with van der Waals surface area (Å²) in [5.74, 6) is -0.682. The monoisotopic (exact) mass is 324 g/mol. The minimum absolute atomic E-state index is 0.0651. The van der Waals surface area contributed by atoms with Crippen LogP contribution in [0.3, 0.4) is 0 Å². The Labute approximate surface area is 125 Å². The Morgan fingerprint density at radius 3 is 2.71 bits per heavy atom. The van der Waals surface area contributed by atoms with E-state index in [9.17, 15) is 18.0 Å². The van der Waals surface area contributed by atoms with Crippen molar-refractivity contribution in [3.05, 3.63) is 28.8 Å². The van der Waals surface area contributed by atoms with Crippen molar-refractivity contribution in [1.82, 2.24) is 0 Å². The van der Waals surface area contributed by atoms with Crippen molar-refractivity contribution < 1.29 is 22.7 Å². The average molecular weight is 325 g/mol. The molecular formula is C13H16ClF3N2O2. The van der Waals surface area contributed by atoms with Gasteiger partial charge in [0.05, 0.1) is 17.3 Å². The highest BCUT2D eigenvalue weighted by Gasteiger charge is 2.34. The molecule has 118 valence electrons. The highest BCUT2D eigenvalue weighted by molar-refractivity contribution is 6.30. The number of ether oxygens (including phenoxy) is 1. The van der Waals surface area contributed by atoms with Gasteiger partial charge in [-0.15, -0.1) is 0 Å². The van der Waals surface area contributed by atoms with E-state index >= 15 is 0 Å². The van der Waals surface area contributed by atoms with Crippen LogP contribution in [0.4, 0.5) is 18.9 Å². The van der Waals surface area contributed by atoms with Crippen LogP contribution >= 0.6 is 11.6 Å². The van der Waals surface area contributed by atoms with Gasteiger partial charge in [-0.3, -0.25) is 4.79 Å². The molecule has 1 unspecified atom stereocenters. The minimum Gasteiger partial charge on any atom is -0.385 e.